The summed E-state index contributed by atoms with van der Waals surface area (Å²) < 4.78 is 5.30. The van der Waals surface area contributed by atoms with Crippen LogP contribution in [0.25, 0.3) is 5.70 Å². The zero-order valence-corrected chi connectivity index (χ0v) is 17.2. The summed E-state index contributed by atoms with van der Waals surface area (Å²) in [4.78, 5) is 26.7. The molecule has 0 radical (unpaired) electrons. The van der Waals surface area contributed by atoms with Gasteiger partial charge in [0.2, 0.25) is 0 Å². The largest absolute Gasteiger partial charge is 0.504 e. The third kappa shape index (κ3) is 2.61. The molecule has 1 aliphatic heterocycles. The number of allylic oxidation sites excluding steroid dienone is 3. The van der Waals surface area contributed by atoms with Gasteiger partial charge in [0.25, 0.3) is 0 Å². The summed E-state index contributed by atoms with van der Waals surface area (Å²) in [5.41, 5.74) is 5.06. The summed E-state index contributed by atoms with van der Waals surface area (Å²) >= 11 is 0. The average Bonchev–Trinajstić information content (AvgIpc) is 2.98. The number of methoxy groups -OCH3 is 1. The fourth-order valence-electron chi connectivity index (χ4n) is 5.00. The summed E-state index contributed by atoms with van der Waals surface area (Å²) in [6.45, 7) is 4.18. The molecule has 2 aliphatic carbocycles. The monoisotopic (exact) mass is 401 g/mol. The molecular weight excluding hydrogens is 378 g/mol. The standard InChI is InChI=1S/C25H23NO4/c1-25(2)11-16-21(18(28)12-25)20(13-8-9-17(27)19(10-13)30-3)22-23(26-16)14-6-4-5-7-15(14)24(22)29/h4-10,20,26-27H,11-12H2,1-3H3/t20-/m1/s1. The molecule has 1 heterocycles. The molecule has 152 valence electrons. The predicted molar refractivity (Wildman–Crippen MR) is 113 cm³/mol. The van der Waals surface area contributed by atoms with Gasteiger partial charge < -0.3 is 15.2 Å². The molecule has 2 N–H and O–H groups in total. The lowest BCUT2D eigenvalue weighted by Gasteiger charge is -2.39. The summed E-state index contributed by atoms with van der Waals surface area (Å²) in [5.74, 6) is -0.151. The molecule has 5 nitrogen and oxygen atoms in total. The quantitative estimate of drug-likeness (QED) is 0.783. The molecule has 5 rings (SSSR count). The van der Waals surface area contributed by atoms with Gasteiger partial charge >= 0.3 is 0 Å². The normalized spacial score (nSPS) is 21.8. The van der Waals surface area contributed by atoms with Gasteiger partial charge in [-0.3, -0.25) is 9.59 Å². The number of ketones is 2. The fraction of sp³-hybridized carbons (Fsp3) is 0.280. The number of dihydropyridines is 1. The molecule has 0 bridgehead atoms. The van der Waals surface area contributed by atoms with Crippen molar-refractivity contribution in [2.24, 2.45) is 5.41 Å². The number of carbonyl (C=O) groups excluding carboxylic acids is 2. The highest BCUT2D eigenvalue weighted by molar-refractivity contribution is 6.23. The molecule has 5 heteroatoms. The van der Waals surface area contributed by atoms with Gasteiger partial charge in [-0.1, -0.05) is 44.2 Å². The van der Waals surface area contributed by atoms with E-state index in [2.05, 4.69) is 19.2 Å². The van der Waals surface area contributed by atoms with Crippen LogP contribution < -0.4 is 10.1 Å². The van der Waals surface area contributed by atoms with Gasteiger partial charge in [0.05, 0.1) is 12.8 Å². The van der Waals surface area contributed by atoms with Crippen LogP contribution in [0.5, 0.6) is 11.5 Å². The SMILES string of the molecule is COc1cc([C@@H]2C3=C(CC(C)(C)CC3=O)NC3=C2C(=O)c2ccccc23)ccc1O. The van der Waals surface area contributed by atoms with Crippen LogP contribution in [0.15, 0.2) is 59.3 Å². The van der Waals surface area contributed by atoms with Crippen molar-refractivity contribution in [1.82, 2.24) is 5.32 Å². The second-order valence-corrected chi connectivity index (χ2v) is 8.99. The number of benzene rings is 2. The van der Waals surface area contributed by atoms with Gasteiger partial charge in [-0.05, 0) is 29.5 Å². The fourth-order valence-corrected chi connectivity index (χ4v) is 5.00. The highest BCUT2D eigenvalue weighted by Gasteiger charge is 2.46. The van der Waals surface area contributed by atoms with Crippen LogP contribution in [-0.4, -0.2) is 23.8 Å². The number of nitrogens with one attached hydrogen (secondary N) is 1. The van der Waals surface area contributed by atoms with Crippen molar-refractivity contribution in [1.29, 1.82) is 0 Å². The predicted octanol–water partition coefficient (Wildman–Crippen LogP) is 4.34. The molecule has 0 saturated heterocycles. The first kappa shape index (κ1) is 18.7. The third-order valence-electron chi connectivity index (χ3n) is 6.27. The van der Waals surface area contributed by atoms with Gasteiger partial charge in [-0.2, -0.15) is 0 Å². The van der Waals surface area contributed by atoms with Crippen molar-refractivity contribution < 1.29 is 19.4 Å². The first-order valence-corrected chi connectivity index (χ1v) is 10.1. The Bertz CT molecular complexity index is 1190. The topological polar surface area (TPSA) is 75.6 Å². The summed E-state index contributed by atoms with van der Waals surface area (Å²) in [6.07, 6.45) is 1.16. The Labute approximate surface area is 175 Å². The van der Waals surface area contributed by atoms with Gasteiger partial charge in [0.1, 0.15) is 0 Å². The Morgan fingerprint density at radius 3 is 2.50 bits per heavy atom. The molecule has 0 amide bonds. The van der Waals surface area contributed by atoms with E-state index in [-0.39, 0.29) is 22.7 Å². The molecule has 0 fully saturated rings. The maximum absolute atomic E-state index is 13.4. The number of hydrogen-bond donors (Lipinski definition) is 2. The van der Waals surface area contributed by atoms with E-state index in [0.717, 1.165) is 28.9 Å². The molecule has 0 unspecified atom stereocenters. The minimum atomic E-state index is -0.491. The number of rotatable bonds is 2. The highest BCUT2D eigenvalue weighted by Crippen LogP contribution is 2.51. The van der Waals surface area contributed by atoms with Crippen LogP contribution in [0.4, 0.5) is 0 Å². The number of aromatic hydroxyl groups is 1. The number of carbonyl (C=O) groups is 2. The van der Waals surface area contributed by atoms with Crippen LogP contribution in [0.2, 0.25) is 0 Å². The minimum absolute atomic E-state index is 0.0238. The van der Waals surface area contributed by atoms with Crippen molar-refractivity contribution in [3.05, 3.63) is 76.0 Å². The van der Waals surface area contributed by atoms with E-state index in [1.807, 2.05) is 24.3 Å². The van der Waals surface area contributed by atoms with Crippen LogP contribution in [-0.2, 0) is 4.79 Å². The molecule has 0 spiro atoms. The second kappa shape index (κ2) is 6.33. The Balaban J connectivity index is 1.76. The van der Waals surface area contributed by atoms with Crippen LogP contribution in [0, 0.1) is 5.41 Å². The lowest BCUT2D eigenvalue weighted by atomic mass is 9.68. The maximum Gasteiger partial charge on any atom is 0.192 e. The van der Waals surface area contributed by atoms with Crippen LogP contribution >= 0.6 is 0 Å². The Morgan fingerprint density at radius 1 is 1.03 bits per heavy atom. The number of ether oxygens (including phenoxy) is 1. The summed E-state index contributed by atoms with van der Waals surface area (Å²) in [5, 5.41) is 13.5. The van der Waals surface area contributed by atoms with E-state index >= 15 is 0 Å². The Hall–Kier alpha value is -3.34. The van der Waals surface area contributed by atoms with Crippen molar-refractivity contribution in [2.45, 2.75) is 32.6 Å². The maximum atomic E-state index is 13.4. The molecule has 1 atom stereocenters. The lowest BCUT2D eigenvalue weighted by molar-refractivity contribution is -0.118. The van der Waals surface area contributed by atoms with Gasteiger partial charge in [-0.15, -0.1) is 0 Å². The minimum Gasteiger partial charge on any atom is -0.504 e. The number of Topliss-reactive ketones (excluding diaryl/α,β-unsaturated/α-hetero) is 2. The smallest absolute Gasteiger partial charge is 0.192 e. The Morgan fingerprint density at radius 2 is 1.77 bits per heavy atom. The highest BCUT2D eigenvalue weighted by atomic mass is 16.5. The zero-order valence-electron chi connectivity index (χ0n) is 17.2. The number of fused-ring (bicyclic) bond motifs is 2. The first-order valence-electron chi connectivity index (χ1n) is 10.1. The number of hydrogen-bond acceptors (Lipinski definition) is 5. The molecule has 30 heavy (non-hydrogen) atoms. The second-order valence-electron chi connectivity index (χ2n) is 8.99. The van der Waals surface area contributed by atoms with Crippen molar-refractivity contribution in [2.75, 3.05) is 7.11 Å². The van der Waals surface area contributed by atoms with E-state index < -0.39 is 5.92 Å². The lowest BCUT2D eigenvalue weighted by Crippen LogP contribution is -2.37. The molecule has 3 aliphatic rings. The van der Waals surface area contributed by atoms with Crippen LogP contribution in [0.1, 0.15) is 54.1 Å². The van der Waals surface area contributed by atoms with Gasteiger partial charge in [-0.25, -0.2) is 0 Å². The molecule has 2 aromatic rings. The van der Waals surface area contributed by atoms with Crippen LogP contribution in [0.3, 0.4) is 0 Å². The van der Waals surface area contributed by atoms with Gasteiger partial charge in [0, 0.05) is 40.3 Å². The summed E-state index contributed by atoms with van der Waals surface area (Å²) in [6, 6.07) is 12.6. The molecular formula is C25H23NO4. The summed E-state index contributed by atoms with van der Waals surface area (Å²) in [7, 11) is 1.49. The average molecular weight is 401 g/mol. The van der Waals surface area contributed by atoms with E-state index in [9.17, 15) is 14.7 Å². The number of phenols is 1. The van der Waals surface area contributed by atoms with Gasteiger partial charge in [0.15, 0.2) is 23.1 Å². The number of phenolic OH excluding ortho intramolecular Hbond substituents is 1. The van der Waals surface area contributed by atoms with Crippen molar-refractivity contribution in [3.8, 4) is 11.5 Å². The zero-order chi connectivity index (χ0) is 21.2. The molecule has 0 saturated carbocycles. The first-order chi connectivity index (χ1) is 14.3. The van der Waals surface area contributed by atoms with E-state index in [0.29, 0.717) is 28.9 Å². The van der Waals surface area contributed by atoms with Crippen molar-refractivity contribution in [3.63, 3.8) is 0 Å². The molecule has 2 aromatic carbocycles. The van der Waals surface area contributed by atoms with Crippen molar-refractivity contribution >= 4 is 17.3 Å². The third-order valence-corrected chi connectivity index (χ3v) is 6.27. The molecule has 0 aromatic heterocycles. The Kier molecular flexibility index (Phi) is 3.94. The van der Waals surface area contributed by atoms with E-state index in [4.69, 9.17) is 4.74 Å². The van der Waals surface area contributed by atoms with E-state index in [1.165, 1.54) is 7.11 Å². The van der Waals surface area contributed by atoms with E-state index in [1.54, 1.807) is 18.2 Å².